The highest BCUT2D eigenvalue weighted by Crippen LogP contribution is 2.18. The maximum Gasteiger partial charge on any atom is 0.337 e. The van der Waals surface area contributed by atoms with E-state index in [0.29, 0.717) is 5.13 Å². The Morgan fingerprint density at radius 3 is 2.09 bits per heavy atom. The van der Waals surface area contributed by atoms with E-state index in [-0.39, 0.29) is 16.8 Å². The Morgan fingerprint density at radius 2 is 1.61 bits per heavy atom. The molecule has 0 radical (unpaired) electrons. The van der Waals surface area contributed by atoms with Gasteiger partial charge in [0.15, 0.2) is 5.13 Å². The number of esters is 2. The van der Waals surface area contributed by atoms with Crippen molar-refractivity contribution in [1.29, 1.82) is 0 Å². The number of amides is 2. The lowest BCUT2D eigenvalue weighted by atomic mass is 10.1. The molecule has 0 saturated heterocycles. The van der Waals surface area contributed by atoms with Gasteiger partial charge in [0.05, 0.1) is 25.3 Å². The Hall–Kier alpha value is -2.94. The number of hydrogen-bond donors (Lipinski definition) is 2. The van der Waals surface area contributed by atoms with Crippen LogP contribution in [0.4, 0.5) is 15.6 Å². The highest BCUT2D eigenvalue weighted by Gasteiger charge is 2.15. The number of nitrogens with zero attached hydrogens (tertiary/aromatic N) is 1. The average molecular weight is 335 g/mol. The molecular formula is C14H13N3O5S. The summed E-state index contributed by atoms with van der Waals surface area (Å²) in [7, 11) is 2.44. The minimum Gasteiger partial charge on any atom is -0.465 e. The van der Waals surface area contributed by atoms with E-state index in [0.717, 1.165) is 0 Å². The third-order valence-corrected chi connectivity index (χ3v) is 3.37. The summed E-state index contributed by atoms with van der Waals surface area (Å²) in [5.74, 6) is -1.28. The van der Waals surface area contributed by atoms with E-state index in [2.05, 4.69) is 25.1 Å². The fourth-order valence-corrected chi connectivity index (χ4v) is 2.24. The van der Waals surface area contributed by atoms with Crippen molar-refractivity contribution in [2.45, 2.75) is 0 Å². The zero-order valence-corrected chi connectivity index (χ0v) is 13.1. The SMILES string of the molecule is COC(=O)c1cc(NC(=O)Nc2nccs2)cc(C(=O)OC)c1. The van der Waals surface area contributed by atoms with Crippen LogP contribution in [0.25, 0.3) is 0 Å². The molecule has 9 heteroatoms. The number of nitrogens with one attached hydrogen (secondary N) is 2. The second kappa shape index (κ2) is 7.36. The van der Waals surface area contributed by atoms with Crippen LogP contribution in [-0.2, 0) is 9.47 Å². The summed E-state index contributed by atoms with van der Waals surface area (Å²) in [6.07, 6.45) is 1.55. The monoisotopic (exact) mass is 335 g/mol. The van der Waals surface area contributed by atoms with Gasteiger partial charge in [-0.15, -0.1) is 11.3 Å². The Labute approximate surface area is 135 Å². The highest BCUT2D eigenvalue weighted by molar-refractivity contribution is 7.13. The number of benzene rings is 1. The van der Waals surface area contributed by atoms with Crippen LogP contribution in [0, 0.1) is 0 Å². The van der Waals surface area contributed by atoms with Crippen LogP contribution in [0.1, 0.15) is 20.7 Å². The minimum absolute atomic E-state index is 0.111. The molecule has 1 heterocycles. The molecule has 0 atom stereocenters. The summed E-state index contributed by atoms with van der Waals surface area (Å²) in [4.78, 5) is 39.1. The lowest BCUT2D eigenvalue weighted by Crippen LogP contribution is -2.20. The van der Waals surface area contributed by atoms with E-state index < -0.39 is 18.0 Å². The van der Waals surface area contributed by atoms with Gasteiger partial charge in [0.25, 0.3) is 0 Å². The smallest absolute Gasteiger partial charge is 0.337 e. The maximum absolute atomic E-state index is 11.9. The number of anilines is 2. The predicted octanol–water partition coefficient (Wildman–Crippen LogP) is 2.36. The molecule has 2 N–H and O–H groups in total. The zero-order valence-electron chi connectivity index (χ0n) is 12.3. The van der Waals surface area contributed by atoms with Gasteiger partial charge in [-0.05, 0) is 18.2 Å². The van der Waals surface area contributed by atoms with E-state index in [1.807, 2.05) is 0 Å². The van der Waals surface area contributed by atoms with Gasteiger partial charge in [0.1, 0.15) is 0 Å². The Bertz CT molecular complexity index is 696. The first kappa shape index (κ1) is 16.4. The average Bonchev–Trinajstić information content (AvgIpc) is 3.05. The van der Waals surface area contributed by atoms with Crippen molar-refractivity contribution in [2.75, 3.05) is 24.9 Å². The molecule has 2 rings (SSSR count). The van der Waals surface area contributed by atoms with Gasteiger partial charge in [0, 0.05) is 17.3 Å². The predicted molar refractivity (Wildman–Crippen MR) is 83.9 cm³/mol. The number of carbonyl (C=O) groups is 3. The number of thiazole rings is 1. The molecule has 0 fully saturated rings. The molecule has 2 aromatic rings. The molecule has 0 aliphatic carbocycles. The summed E-state index contributed by atoms with van der Waals surface area (Å²) in [6.45, 7) is 0. The first-order valence-electron chi connectivity index (χ1n) is 6.32. The third kappa shape index (κ3) is 4.27. The molecule has 0 unspecified atom stereocenters. The fraction of sp³-hybridized carbons (Fsp3) is 0.143. The quantitative estimate of drug-likeness (QED) is 0.831. The van der Waals surface area contributed by atoms with E-state index in [9.17, 15) is 14.4 Å². The van der Waals surface area contributed by atoms with Crippen LogP contribution in [-0.4, -0.2) is 37.2 Å². The van der Waals surface area contributed by atoms with Crippen molar-refractivity contribution in [3.8, 4) is 0 Å². The molecule has 0 spiro atoms. The standard InChI is InChI=1S/C14H13N3O5S/c1-21-11(18)8-5-9(12(19)22-2)7-10(6-8)16-13(20)17-14-15-3-4-23-14/h3-7H,1-2H3,(H2,15,16,17,20). The Morgan fingerprint density at radius 1 is 1.00 bits per heavy atom. The number of carbonyl (C=O) groups excluding carboxylic acids is 3. The summed E-state index contributed by atoms with van der Waals surface area (Å²) >= 11 is 1.25. The van der Waals surface area contributed by atoms with Crippen molar-refractivity contribution in [3.05, 3.63) is 40.9 Å². The van der Waals surface area contributed by atoms with Gasteiger partial charge in [0.2, 0.25) is 0 Å². The van der Waals surface area contributed by atoms with Gasteiger partial charge in [-0.2, -0.15) is 0 Å². The molecule has 1 aromatic carbocycles. The van der Waals surface area contributed by atoms with Gasteiger partial charge >= 0.3 is 18.0 Å². The van der Waals surface area contributed by atoms with Crippen LogP contribution in [0.2, 0.25) is 0 Å². The lowest BCUT2D eigenvalue weighted by molar-refractivity contribution is 0.0599. The number of rotatable bonds is 4. The fourth-order valence-electron chi connectivity index (χ4n) is 1.72. The number of hydrogen-bond acceptors (Lipinski definition) is 7. The first-order chi connectivity index (χ1) is 11.0. The molecule has 0 saturated carbocycles. The highest BCUT2D eigenvalue weighted by atomic mass is 32.1. The minimum atomic E-state index is -0.640. The molecule has 120 valence electrons. The molecule has 23 heavy (non-hydrogen) atoms. The second-order valence-corrected chi connectivity index (χ2v) is 5.09. The van der Waals surface area contributed by atoms with Crippen molar-refractivity contribution in [1.82, 2.24) is 4.98 Å². The summed E-state index contributed by atoms with van der Waals surface area (Å²) in [5, 5.41) is 7.17. The molecule has 0 aliphatic rings. The van der Waals surface area contributed by atoms with Crippen molar-refractivity contribution < 1.29 is 23.9 Å². The molecule has 8 nitrogen and oxygen atoms in total. The Balaban J connectivity index is 2.23. The van der Waals surface area contributed by atoms with Gasteiger partial charge in [-0.1, -0.05) is 0 Å². The van der Waals surface area contributed by atoms with E-state index in [1.165, 1.54) is 43.8 Å². The largest absolute Gasteiger partial charge is 0.465 e. The molecule has 1 aromatic heterocycles. The van der Waals surface area contributed by atoms with Crippen molar-refractivity contribution in [2.24, 2.45) is 0 Å². The normalized spacial score (nSPS) is 9.83. The molecular weight excluding hydrogens is 322 g/mol. The van der Waals surface area contributed by atoms with E-state index in [4.69, 9.17) is 0 Å². The topological polar surface area (TPSA) is 107 Å². The molecule has 0 bridgehead atoms. The molecule has 2 amide bonds. The van der Waals surface area contributed by atoms with Crippen LogP contribution in [0.3, 0.4) is 0 Å². The second-order valence-electron chi connectivity index (χ2n) is 4.20. The van der Waals surface area contributed by atoms with E-state index in [1.54, 1.807) is 11.6 Å². The summed E-state index contributed by atoms with van der Waals surface area (Å²) < 4.78 is 9.24. The van der Waals surface area contributed by atoms with Crippen molar-refractivity contribution >= 4 is 40.1 Å². The van der Waals surface area contributed by atoms with Crippen LogP contribution < -0.4 is 10.6 Å². The van der Waals surface area contributed by atoms with E-state index >= 15 is 0 Å². The lowest BCUT2D eigenvalue weighted by Gasteiger charge is -2.09. The number of aromatic nitrogens is 1. The van der Waals surface area contributed by atoms with Crippen LogP contribution >= 0.6 is 11.3 Å². The zero-order chi connectivity index (χ0) is 16.8. The Kier molecular flexibility index (Phi) is 5.26. The molecule has 0 aliphatic heterocycles. The number of urea groups is 1. The number of ether oxygens (including phenoxy) is 2. The summed E-state index contributed by atoms with van der Waals surface area (Å²) in [6, 6.07) is 3.54. The first-order valence-corrected chi connectivity index (χ1v) is 7.20. The van der Waals surface area contributed by atoms with Crippen LogP contribution in [0.5, 0.6) is 0 Å². The van der Waals surface area contributed by atoms with Gasteiger partial charge in [-0.3, -0.25) is 5.32 Å². The van der Waals surface area contributed by atoms with Crippen molar-refractivity contribution in [3.63, 3.8) is 0 Å². The van der Waals surface area contributed by atoms with Gasteiger partial charge in [-0.25, -0.2) is 19.4 Å². The maximum atomic E-state index is 11.9. The third-order valence-electron chi connectivity index (χ3n) is 2.69. The van der Waals surface area contributed by atoms with Crippen LogP contribution in [0.15, 0.2) is 29.8 Å². The van der Waals surface area contributed by atoms with Gasteiger partial charge < -0.3 is 14.8 Å². The number of methoxy groups -OCH3 is 2. The summed E-state index contributed by atoms with van der Waals surface area (Å²) in [5.41, 5.74) is 0.460.